The first-order chi connectivity index (χ1) is 6.20. The van der Waals surface area contributed by atoms with Gasteiger partial charge in [0.25, 0.3) is 0 Å². The molecule has 0 amide bonds. The Hall–Kier alpha value is -0.740. The molecule has 0 aliphatic carbocycles. The molecule has 0 aromatic carbocycles. The van der Waals surface area contributed by atoms with Gasteiger partial charge in [-0.05, 0) is 25.2 Å². The minimum absolute atomic E-state index is 0.233. The summed E-state index contributed by atoms with van der Waals surface area (Å²) in [4.78, 5) is 0. The van der Waals surface area contributed by atoms with Crippen LogP contribution in [0.5, 0.6) is 0 Å². The summed E-state index contributed by atoms with van der Waals surface area (Å²) < 4.78 is 0. The van der Waals surface area contributed by atoms with Gasteiger partial charge in [-0.25, -0.2) is 0 Å². The van der Waals surface area contributed by atoms with Crippen LogP contribution in [0.2, 0.25) is 0 Å². The molecular formula is C12H20O. The fraction of sp³-hybridized carbons (Fsp3) is 0.667. The average Bonchev–Trinajstić information content (AvgIpc) is 2.10. The summed E-state index contributed by atoms with van der Waals surface area (Å²) >= 11 is 0. The molecule has 1 heteroatoms. The van der Waals surface area contributed by atoms with Gasteiger partial charge in [0.1, 0.15) is 0 Å². The molecule has 0 heterocycles. The highest BCUT2D eigenvalue weighted by molar-refractivity contribution is 4.98. The smallest absolute Gasteiger partial charge is 0.0471 e. The second kappa shape index (κ2) is 7.89. The molecule has 0 saturated carbocycles. The zero-order valence-electron chi connectivity index (χ0n) is 8.88. The van der Waals surface area contributed by atoms with Crippen molar-refractivity contribution in [1.82, 2.24) is 0 Å². The topological polar surface area (TPSA) is 20.2 Å². The third kappa shape index (κ3) is 7.62. The van der Waals surface area contributed by atoms with E-state index in [2.05, 4.69) is 37.8 Å². The zero-order valence-corrected chi connectivity index (χ0v) is 8.88. The van der Waals surface area contributed by atoms with Gasteiger partial charge in [-0.2, -0.15) is 0 Å². The lowest BCUT2D eigenvalue weighted by Gasteiger charge is -2.06. The molecule has 1 atom stereocenters. The fourth-order valence-corrected chi connectivity index (χ4v) is 1.01. The third-order valence-corrected chi connectivity index (χ3v) is 1.82. The van der Waals surface area contributed by atoms with Crippen LogP contribution in [0.3, 0.4) is 0 Å². The fourth-order valence-electron chi connectivity index (χ4n) is 1.01. The number of allylic oxidation sites excluding steroid dienone is 2. The van der Waals surface area contributed by atoms with Crippen LogP contribution in [0.15, 0.2) is 12.2 Å². The summed E-state index contributed by atoms with van der Waals surface area (Å²) in [7, 11) is 0. The van der Waals surface area contributed by atoms with Gasteiger partial charge in [0.05, 0.1) is 0 Å². The van der Waals surface area contributed by atoms with Crippen LogP contribution in [-0.4, -0.2) is 11.7 Å². The van der Waals surface area contributed by atoms with Gasteiger partial charge in [-0.1, -0.05) is 26.0 Å². The molecule has 13 heavy (non-hydrogen) atoms. The summed E-state index contributed by atoms with van der Waals surface area (Å²) in [6, 6.07) is 0. The van der Waals surface area contributed by atoms with Crippen molar-refractivity contribution < 1.29 is 5.11 Å². The summed E-state index contributed by atoms with van der Waals surface area (Å²) in [5.41, 5.74) is 0. The van der Waals surface area contributed by atoms with Gasteiger partial charge in [-0.3, -0.25) is 0 Å². The Labute approximate surface area is 81.9 Å². The van der Waals surface area contributed by atoms with E-state index in [1.807, 2.05) is 6.92 Å². The quantitative estimate of drug-likeness (QED) is 0.509. The lowest BCUT2D eigenvalue weighted by molar-refractivity contribution is 0.230. The van der Waals surface area contributed by atoms with Crippen molar-refractivity contribution in [2.75, 3.05) is 6.61 Å². The Morgan fingerprint density at radius 3 is 2.54 bits per heavy atom. The molecule has 0 spiro atoms. The first-order valence-corrected chi connectivity index (χ1v) is 4.87. The molecule has 0 fully saturated rings. The van der Waals surface area contributed by atoms with Gasteiger partial charge in [0.2, 0.25) is 0 Å². The predicted octanol–water partition coefficient (Wildman–Crippen LogP) is 2.61. The Kier molecular flexibility index (Phi) is 7.44. The highest BCUT2D eigenvalue weighted by atomic mass is 16.3. The van der Waals surface area contributed by atoms with Crippen LogP contribution in [-0.2, 0) is 0 Å². The van der Waals surface area contributed by atoms with Gasteiger partial charge in [-0.15, -0.1) is 11.8 Å². The lowest BCUT2D eigenvalue weighted by Crippen LogP contribution is -2.03. The van der Waals surface area contributed by atoms with E-state index in [0.717, 1.165) is 12.8 Å². The standard InChI is InChI=1S/C12H20O/c1-4-5-8-12(10-13)9-6-7-11(2)3/h6-7,11-13H,8-10H2,1-3H3/b7-6+/t12-/m1/s1. The molecule has 0 bridgehead atoms. The van der Waals surface area contributed by atoms with Crippen molar-refractivity contribution in [2.45, 2.75) is 33.6 Å². The van der Waals surface area contributed by atoms with E-state index < -0.39 is 0 Å². The van der Waals surface area contributed by atoms with Crippen LogP contribution >= 0.6 is 0 Å². The molecule has 0 aromatic rings. The monoisotopic (exact) mass is 180 g/mol. The Morgan fingerprint density at radius 2 is 2.08 bits per heavy atom. The van der Waals surface area contributed by atoms with E-state index in [1.54, 1.807) is 0 Å². The number of hydrogen-bond acceptors (Lipinski definition) is 1. The molecule has 0 aliphatic rings. The maximum Gasteiger partial charge on any atom is 0.0471 e. The van der Waals surface area contributed by atoms with Gasteiger partial charge < -0.3 is 5.11 Å². The molecule has 0 aromatic heterocycles. The van der Waals surface area contributed by atoms with Crippen molar-refractivity contribution >= 4 is 0 Å². The number of hydrogen-bond donors (Lipinski definition) is 1. The molecule has 0 radical (unpaired) electrons. The largest absolute Gasteiger partial charge is 0.396 e. The van der Waals surface area contributed by atoms with E-state index in [4.69, 9.17) is 5.11 Å². The molecule has 1 nitrogen and oxygen atoms in total. The Morgan fingerprint density at radius 1 is 1.38 bits per heavy atom. The van der Waals surface area contributed by atoms with Crippen LogP contribution in [0.1, 0.15) is 33.6 Å². The van der Waals surface area contributed by atoms with Crippen molar-refractivity contribution in [2.24, 2.45) is 11.8 Å². The summed E-state index contributed by atoms with van der Waals surface area (Å²) in [6.07, 6.45) is 6.05. The van der Waals surface area contributed by atoms with Gasteiger partial charge in [0, 0.05) is 13.0 Å². The molecule has 74 valence electrons. The number of aliphatic hydroxyl groups is 1. The summed E-state index contributed by atoms with van der Waals surface area (Å²) in [5, 5.41) is 9.02. The molecule has 0 rings (SSSR count). The van der Waals surface area contributed by atoms with E-state index in [0.29, 0.717) is 11.8 Å². The van der Waals surface area contributed by atoms with E-state index in [-0.39, 0.29) is 6.61 Å². The zero-order chi connectivity index (χ0) is 10.1. The van der Waals surface area contributed by atoms with Crippen LogP contribution in [0, 0.1) is 23.7 Å². The number of rotatable bonds is 5. The third-order valence-electron chi connectivity index (χ3n) is 1.82. The molecule has 0 aliphatic heterocycles. The van der Waals surface area contributed by atoms with Crippen molar-refractivity contribution in [3.63, 3.8) is 0 Å². The molecule has 1 N–H and O–H groups in total. The summed E-state index contributed by atoms with van der Waals surface area (Å²) in [5.74, 6) is 6.74. The van der Waals surface area contributed by atoms with Crippen LogP contribution < -0.4 is 0 Å². The maximum atomic E-state index is 9.02. The van der Waals surface area contributed by atoms with E-state index >= 15 is 0 Å². The first kappa shape index (κ1) is 12.3. The van der Waals surface area contributed by atoms with Crippen LogP contribution in [0.25, 0.3) is 0 Å². The second-order valence-corrected chi connectivity index (χ2v) is 3.59. The normalized spacial score (nSPS) is 13.0. The second-order valence-electron chi connectivity index (χ2n) is 3.59. The predicted molar refractivity (Wildman–Crippen MR) is 57.2 cm³/mol. The van der Waals surface area contributed by atoms with Gasteiger partial charge in [0.15, 0.2) is 0 Å². The van der Waals surface area contributed by atoms with Gasteiger partial charge >= 0.3 is 0 Å². The first-order valence-electron chi connectivity index (χ1n) is 4.87. The molecule has 0 unspecified atom stereocenters. The van der Waals surface area contributed by atoms with Crippen molar-refractivity contribution in [3.8, 4) is 11.8 Å². The SMILES string of the molecule is CC#CC[C@@H](CO)C/C=C/C(C)C. The highest BCUT2D eigenvalue weighted by Crippen LogP contribution is 2.08. The minimum atomic E-state index is 0.233. The van der Waals surface area contributed by atoms with E-state index in [1.165, 1.54) is 0 Å². The Bertz CT molecular complexity index is 193. The Balaban J connectivity index is 3.75. The molecular weight excluding hydrogens is 160 g/mol. The van der Waals surface area contributed by atoms with Crippen LogP contribution in [0.4, 0.5) is 0 Å². The molecule has 0 saturated heterocycles. The summed E-state index contributed by atoms with van der Waals surface area (Å²) in [6.45, 7) is 6.36. The van der Waals surface area contributed by atoms with Crippen molar-refractivity contribution in [1.29, 1.82) is 0 Å². The number of aliphatic hydroxyl groups excluding tert-OH is 1. The van der Waals surface area contributed by atoms with Crippen molar-refractivity contribution in [3.05, 3.63) is 12.2 Å². The highest BCUT2D eigenvalue weighted by Gasteiger charge is 2.02. The lowest BCUT2D eigenvalue weighted by atomic mass is 10.0. The minimum Gasteiger partial charge on any atom is -0.396 e. The maximum absolute atomic E-state index is 9.02. The average molecular weight is 180 g/mol. The van der Waals surface area contributed by atoms with E-state index in [9.17, 15) is 0 Å².